The van der Waals surface area contributed by atoms with Crippen molar-refractivity contribution in [1.82, 2.24) is 9.78 Å². The zero-order chi connectivity index (χ0) is 12.0. The number of aromatic carboxylic acids is 1. The number of nitrogens with zero attached hydrogens (tertiary/aromatic N) is 2. The van der Waals surface area contributed by atoms with E-state index in [1.54, 1.807) is 12.3 Å². The number of carboxylic acid groups (broad SMARTS) is 1. The molecule has 17 heavy (non-hydrogen) atoms. The van der Waals surface area contributed by atoms with Crippen LogP contribution in [0.5, 0.6) is 0 Å². The number of carboxylic acids is 1. The van der Waals surface area contributed by atoms with Crippen LogP contribution in [0.4, 0.5) is 0 Å². The first-order valence-electron chi connectivity index (χ1n) is 5.22. The van der Waals surface area contributed by atoms with Crippen molar-refractivity contribution in [3.63, 3.8) is 0 Å². The molecule has 4 nitrogen and oxygen atoms in total. The summed E-state index contributed by atoms with van der Waals surface area (Å²) in [6, 6.07) is 1.64. The average Bonchev–Trinajstić information content (AvgIpc) is 2.80. The summed E-state index contributed by atoms with van der Waals surface area (Å²) >= 11 is 7.38. The van der Waals surface area contributed by atoms with E-state index in [2.05, 4.69) is 5.10 Å². The summed E-state index contributed by atoms with van der Waals surface area (Å²) in [5.41, 5.74) is 1.71. The zero-order valence-corrected chi connectivity index (χ0v) is 10.3. The van der Waals surface area contributed by atoms with Crippen molar-refractivity contribution in [1.29, 1.82) is 0 Å². The molecule has 0 aromatic carbocycles. The van der Waals surface area contributed by atoms with Gasteiger partial charge in [0.1, 0.15) is 0 Å². The number of fused-ring (bicyclic) bond motifs is 3. The van der Waals surface area contributed by atoms with Crippen LogP contribution in [0, 0.1) is 0 Å². The predicted octanol–water partition coefficient (Wildman–Crippen LogP) is 1.57. The number of aromatic nitrogens is 2. The maximum atomic E-state index is 10.9. The summed E-state index contributed by atoms with van der Waals surface area (Å²) in [4.78, 5) is 12.2. The van der Waals surface area contributed by atoms with Crippen molar-refractivity contribution in [2.24, 2.45) is 0 Å². The van der Waals surface area contributed by atoms with Gasteiger partial charge in [-0.3, -0.25) is 4.68 Å². The molecule has 0 unspecified atom stereocenters. The molecule has 2 aromatic heterocycles. The maximum absolute atomic E-state index is 10.9. The highest BCUT2D eigenvalue weighted by atomic mass is 35.5. The molecule has 6 heteroatoms. The third-order valence-electron chi connectivity index (χ3n) is 2.83. The molecule has 1 aliphatic heterocycles. The number of aryl methyl sites for hydroxylation is 2. The lowest BCUT2D eigenvalue weighted by atomic mass is 10.1. The largest absolute Gasteiger partial charge is 0.544 e. The second-order valence-electron chi connectivity index (χ2n) is 3.90. The van der Waals surface area contributed by atoms with Gasteiger partial charge in [-0.25, -0.2) is 0 Å². The van der Waals surface area contributed by atoms with Crippen molar-refractivity contribution in [2.45, 2.75) is 19.4 Å². The normalized spacial score (nSPS) is 13.9. The topological polar surface area (TPSA) is 57.9 Å². The number of thiophene rings is 1. The first-order valence-corrected chi connectivity index (χ1v) is 6.42. The van der Waals surface area contributed by atoms with Crippen LogP contribution in [0.25, 0.3) is 11.3 Å². The maximum Gasteiger partial charge on any atom is 0.0880 e. The first kappa shape index (κ1) is 10.8. The fraction of sp³-hybridized carbons (Fsp3) is 0.273. The molecule has 0 saturated heterocycles. The quantitative estimate of drug-likeness (QED) is 0.788. The smallest absolute Gasteiger partial charge is 0.0880 e. The number of carbonyl (C=O) groups is 1. The molecule has 0 aliphatic carbocycles. The molecule has 0 N–H and O–H groups in total. The summed E-state index contributed by atoms with van der Waals surface area (Å²) in [7, 11) is 0. The predicted molar refractivity (Wildman–Crippen MR) is 63.2 cm³/mol. The highest BCUT2D eigenvalue weighted by molar-refractivity contribution is 7.14. The van der Waals surface area contributed by atoms with E-state index < -0.39 is 5.97 Å². The highest BCUT2D eigenvalue weighted by Gasteiger charge is 2.21. The van der Waals surface area contributed by atoms with Gasteiger partial charge in [0.25, 0.3) is 0 Å². The van der Waals surface area contributed by atoms with Crippen molar-refractivity contribution in [3.8, 4) is 11.3 Å². The van der Waals surface area contributed by atoms with Crippen LogP contribution < -0.4 is 5.11 Å². The van der Waals surface area contributed by atoms with Crippen LogP contribution in [-0.4, -0.2) is 15.7 Å². The molecule has 0 spiro atoms. The van der Waals surface area contributed by atoms with Crippen LogP contribution in [0.1, 0.15) is 21.0 Å². The van der Waals surface area contributed by atoms with E-state index in [-0.39, 0.29) is 4.88 Å². The number of hydrogen-bond acceptors (Lipinski definition) is 4. The van der Waals surface area contributed by atoms with Crippen LogP contribution in [0.15, 0.2) is 12.3 Å². The molecule has 0 amide bonds. The molecule has 2 aromatic rings. The van der Waals surface area contributed by atoms with E-state index in [0.29, 0.717) is 5.02 Å². The van der Waals surface area contributed by atoms with Crippen LogP contribution in [-0.2, 0) is 13.0 Å². The fourth-order valence-corrected chi connectivity index (χ4v) is 3.39. The number of rotatable bonds is 1. The molecule has 1 aliphatic rings. The lowest BCUT2D eigenvalue weighted by Gasteiger charge is -2.02. The van der Waals surface area contributed by atoms with Crippen molar-refractivity contribution < 1.29 is 9.90 Å². The van der Waals surface area contributed by atoms with Crippen molar-refractivity contribution in [3.05, 3.63) is 27.0 Å². The second-order valence-corrected chi connectivity index (χ2v) is 5.45. The molecule has 3 rings (SSSR count). The second kappa shape index (κ2) is 3.85. The number of hydrogen-bond donors (Lipinski definition) is 0. The molecular weight excluding hydrogens is 260 g/mol. The van der Waals surface area contributed by atoms with Crippen molar-refractivity contribution in [2.75, 3.05) is 0 Å². The molecule has 0 bridgehead atoms. The molecule has 3 heterocycles. The Morgan fingerprint density at radius 2 is 2.41 bits per heavy atom. The van der Waals surface area contributed by atoms with E-state index in [0.717, 1.165) is 35.5 Å². The Morgan fingerprint density at radius 3 is 3.18 bits per heavy atom. The molecule has 0 fully saturated rings. The monoisotopic (exact) mass is 267 g/mol. The van der Waals surface area contributed by atoms with Gasteiger partial charge in [-0.2, -0.15) is 5.10 Å². The Labute approximate surface area is 106 Å². The molecule has 0 saturated carbocycles. The molecule has 0 atom stereocenters. The Bertz CT molecular complexity index is 603. The van der Waals surface area contributed by atoms with Crippen LogP contribution >= 0.6 is 22.9 Å². The van der Waals surface area contributed by atoms with Crippen molar-refractivity contribution >= 4 is 28.9 Å². The third kappa shape index (κ3) is 1.66. The van der Waals surface area contributed by atoms with Gasteiger partial charge in [-0.1, -0.05) is 11.6 Å². The van der Waals surface area contributed by atoms with E-state index >= 15 is 0 Å². The zero-order valence-electron chi connectivity index (χ0n) is 8.77. The van der Waals surface area contributed by atoms with Gasteiger partial charge in [-0.15, -0.1) is 11.3 Å². The first-order chi connectivity index (χ1) is 8.16. The van der Waals surface area contributed by atoms with E-state index in [9.17, 15) is 9.90 Å². The average molecular weight is 268 g/mol. The molecule has 88 valence electrons. The highest BCUT2D eigenvalue weighted by Crippen LogP contribution is 2.38. The minimum Gasteiger partial charge on any atom is -0.544 e. The number of carbonyl (C=O) groups excluding carboxylic acids is 1. The Balaban J connectivity index is 2.23. The number of halogens is 1. The minimum atomic E-state index is -1.13. The summed E-state index contributed by atoms with van der Waals surface area (Å²) in [5.74, 6) is -1.13. The standard InChI is InChI=1S/C11H9ClN2O2S/c12-7-5-13-14-3-1-2-8-6(10(7)14)4-9(17-8)11(15)16/h4-5H,1-3H2,(H,15,16)/p-1. The van der Waals surface area contributed by atoms with Gasteiger partial charge in [0, 0.05) is 17.0 Å². The third-order valence-corrected chi connectivity index (χ3v) is 4.29. The fourth-order valence-electron chi connectivity index (χ4n) is 2.10. The van der Waals surface area contributed by atoms with Crippen LogP contribution in [0.2, 0.25) is 5.02 Å². The van der Waals surface area contributed by atoms with Gasteiger partial charge in [0.05, 0.1) is 27.8 Å². The molecular formula is C11H8ClN2O2S-. The molecule has 0 radical (unpaired) electrons. The van der Waals surface area contributed by atoms with Gasteiger partial charge < -0.3 is 9.90 Å². The Kier molecular flexibility index (Phi) is 2.45. The Hall–Kier alpha value is -1.33. The lowest BCUT2D eigenvalue weighted by molar-refractivity contribution is -0.254. The SMILES string of the molecule is O=C([O-])c1cc2c(s1)CCCn1ncc(Cl)c1-2. The summed E-state index contributed by atoms with van der Waals surface area (Å²) < 4.78 is 1.83. The van der Waals surface area contributed by atoms with Gasteiger partial charge in [0.2, 0.25) is 0 Å². The summed E-state index contributed by atoms with van der Waals surface area (Å²) in [6.45, 7) is 0.810. The lowest BCUT2D eigenvalue weighted by Crippen LogP contribution is -2.20. The Morgan fingerprint density at radius 1 is 1.59 bits per heavy atom. The summed E-state index contributed by atoms with van der Waals surface area (Å²) in [6.07, 6.45) is 3.39. The van der Waals surface area contributed by atoms with Gasteiger partial charge in [0.15, 0.2) is 0 Å². The van der Waals surface area contributed by atoms with E-state index in [1.165, 1.54) is 11.3 Å². The minimum absolute atomic E-state index is 0.251. The summed E-state index contributed by atoms with van der Waals surface area (Å²) in [5, 5.41) is 15.6. The van der Waals surface area contributed by atoms with Gasteiger partial charge >= 0.3 is 0 Å². The van der Waals surface area contributed by atoms with Crippen LogP contribution in [0.3, 0.4) is 0 Å². The van der Waals surface area contributed by atoms with E-state index in [4.69, 9.17) is 11.6 Å². The van der Waals surface area contributed by atoms with E-state index in [1.807, 2.05) is 4.68 Å². The van der Waals surface area contributed by atoms with Gasteiger partial charge in [-0.05, 0) is 18.9 Å².